The molecule has 0 fully saturated rings. The Labute approximate surface area is 120 Å². The standard InChI is InChI=1S/C15H14F3N3/c1-9-4-2-3-5-10(9)14-20-12-6-7-19-8-11(12)13(21-14)15(16,17)18/h2-5,19H,6-8H2,1H3. The maximum atomic E-state index is 13.3. The summed E-state index contributed by atoms with van der Waals surface area (Å²) in [5, 5.41) is 2.94. The summed E-state index contributed by atoms with van der Waals surface area (Å²) >= 11 is 0. The minimum Gasteiger partial charge on any atom is -0.312 e. The molecule has 1 aliphatic rings. The lowest BCUT2D eigenvalue weighted by Crippen LogP contribution is -2.29. The van der Waals surface area contributed by atoms with Gasteiger partial charge >= 0.3 is 6.18 Å². The van der Waals surface area contributed by atoms with E-state index in [0.29, 0.717) is 24.2 Å². The third-order valence-electron chi connectivity index (χ3n) is 3.59. The van der Waals surface area contributed by atoms with E-state index < -0.39 is 11.9 Å². The monoisotopic (exact) mass is 293 g/mol. The van der Waals surface area contributed by atoms with Crippen LogP contribution in [0.5, 0.6) is 0 Å². The molecule has 6 heteroatoms. The molecule has 1 aliphatic heterocycles. The van der Waals surface area contributed by atoms with Gasteiger partial charge in [0.25, 0.3) is 0 Å². The van der Waals surface area contributed by atoms with E-state index in [1.165, 1.54) is 0 Å². The van der Waals surface area contributed by atoms with Crippen LogP contribution < -0.4 is 5.32 Å². The van der Waals surface area contributed by atoms with E-state index in [9.17, 15) is 13.2 Å². The summed E-state index contributed by atoms with van der Waals surface area (Å²) in [4.78, 5) is 8.18. The molecule has 0 atom stereocenters. The maximum Gasteiger partial charge on any atom is 0.433 e. The summed E-state index contributed by atoms with van der Waals surface area (Å²) in [7, 11) is 0. The third-order valence-corrected chi connectivity index (χ3v) is 3.59. The zero-order valence-electron chi connectivity index (χ0n) is 11.5. The molecule has 3 nitrogen and oxygen atoms in total. The number of alkyl halides is 3. The third kappa shape index (κ3) is 2.63. The number of fused-ring (bicyclic) bond motifs is 1. The summed E-state index contributed by atoms with van der Waals surface area (Å²) in [6, 6.07) is 7.21. The summed E-state index contributed by atoms with van der Waals surface area (Å²) in [5.41, 5.74) is 1.35. The van der Waals surface area contributed by atoms with Crippen LogP contribution in [0.25, 0.3) is 11.4 Å². The van der Waals surface area contributed by atoms with Crippen molar-refractivity contribution in [3.05, 3.63) is 46.8 Å². The van der Waals surface area contributed by atoms with Crippen molar-refractivity contribution < 1.29 is 13.2 Å². The molecule has 0 radical (unpaired) electrons. The summed E-state index contributed by atoms with van der Waals surface area (Å²) in [5.74, 6) is 0.154. The van der Waals surface area contributed by atoms with Crippen LogP contribution in [0.3, 0.4) is 0 Å². The Morgan fingerprint density at radius 1 is 1.14 bits per heavy atom. The average molecular weight is 293 g/mol. The van der Waals surface area contributed by atoms with Crippen molar-refractivity contribution in [1.29, 1.82) is 0 Å². The summed E-state index contributed by atoms with van der Waals surface area (Å²) < 4.78 is 39.8. The molecule has 0 saturated carbocycles. The highest BCUT2D eigenvalue weighted by molar-refractivity contribution is 5.60. The van der Waals surface area contributed by atoms with E-state index in [-0.39, 0.29) is 17.9 Å². The highest BCUT2D eigenvalue weighted by Crippen LogP contribution is 2.34. The molecule has 1 aromatic heterocycles. The number of hydrogen-bond donors (Lipinski definition) is 1. The number of aryl methyl sites for hydroxylation is 1. The fourth-order valence-corrected chi connectivity index (χ4v) is 2.52. The zero-order chi connectivity index (χ0) is 15.0. The molecule has 1 aromatic carbocycles. The first-order chi connectivity index (χ1) is 9.97. The average Bonchev–Trinajstić information content (AvgIpc) is 2.45. The molecule has 2 heterocycles. The molecule has 3 rings (SSSR count). The van der Waals surface area contributed by atoms with Crippen LogP contribution in [0.15, 0.2) is 24.3 Å². The van der Waals surface area contributed by atoms with Crippen LogP contribution in [0.2, 0.25) is 0 Å². The van der Waals surface area contributed by atoms with E-state index in [0.717, 1.165) is 5.56 Å². The largest absolute Gasteiger partial charge is 0.433 e. The number of halogens is 3. The molecule has 0 aliphatic carbocycles. The van der Waals surface area contributed by atoms with Gasteiger partial charge in [0.15, 0.2) is 11.5 Å². The Bertz CT molecular complexity index is 680. The van der Waals surface area contributed by atoms with Gasteiger partial charge in [0.2, 0.25) is 0 Å². The summed E-state index contributed by atoms with van der Waals surface area (Å²) in [6.45, 7) is 2.64. The number of nitrogens with one attached hydrogen (secondary N) is 1. The number of aromatic nitrogens is 2. The number of nitrogens with zero attached hydrogens (tertiary/aromatic N) is 2. The number of rotatable bonds is 1. The Balaban J connectivity index is 2.22. The SMILES string of the molecule is Cc1ccccc1-c1nc2c(c(C(F)(F)F)n1)CNCC2. The lowest BCUT2D eigenvalue weighted by atomic mass is 10.0. The molecule has 110 valence electrons. The molecule has 2 aromatic rings. The molecule has 1 N–H and O–H groups in total. The van der Waals surface area contributed by atoms with Crippen LogP contribution in [-0.4, -0.2) is 16.5 Å². The van der Waals surface area contributed by atoms with Gasteiger partial charge in [-0.05, 0) is 12.5 Å². The minimum absolute atomic E-state index is 0.154. The van der Waals surface area contributed by atoms with E-state index in [4.69, 9.17) is 0 Å². The lowest BCUT2D eigenvalue weighted by Gasteiger charge is -2.21. The first-order valence-electron chi connectivity index (χ1n) is 6.70. The fraction of sp³-hybridized carbons (Fsp3) is 0.333. The molecule has 0 bridgehead atoms. The van der Waals surface area contributed by atoms with Gasteiger partial charge in [-0.25, -0.2) is 9.97 Å². The fourth-order valence-electron chi connectivity index (χ4n) is 2.52. The molecule has 0 amide bonds. The summed E-state index contributed by atoms with van der Waals surface area (Å²) in [6.07, 6.45) is -3.98. The van der Waals surface area contributed by atoms with Gasteiger partial charge in [-0.3, -0.25) is 0 Å². The van der Waals surface area contributed by atoms with Crippen LogP contribution in [0.4, 0.5) is 13.2 Å². The predicted molar refractivity (Wildman–Crippen MR) is 72.6 cm³/mol. The van der Waals surface area contributed by atoms with Gasteiger partial charge in [-0.2, -0.15) is 13.2 Å². The first kappa shape index (κ1) is 14.0. The van der Waals surface area contributed by atoms with Gasteiger partial charge in [-0.15, -0.1) is 0 Å². The van der Waals surface area contributed by atoms with Crippen LogP contribution in [0.1, 0.15) is 22.5 Å². The normalized spacial score (nSPS) is 14.9. The second-order valence-electron chi connectivity index (χ2n) is 5.06. The minimum atomic E-state index is -4.47. The van der Waals surface area contributed by atoms with E-state index in [1.807, 2.05) is 19.1 Å². The van der Waals surface area contributed by atoms with Crippen LogP contribution in [-0.2, 0) is 19.1 Å². The van der Waals surface area contributed by atoms with Crippen LogP contribution >= 0.6 is 0 Å². The second-order valence-corrected chi connectivity index (χ2v) is 5.06. The maximum absolute atomic E-state index is 13.3. The van der Waals surface area contributed by atoms with E-state index >= 15 is 0 Å². The van der Waals surface area contributed by atoms with Crippen molar-refractivity contribution in [3.8, 4) is 11.4 Å². The topological polar surface area (TPSA) is 37.8 Å². The van der Waals surface area contributed by atoms with Gasteiger partial charge in [0.05, 0.1) is 5.69 Å². The molecule has 0 unspecified atom stereocenters. The highest BCUT2D eigenvalue weighted by Gasteiger charge is 2.38. The zero-order valence-corrected chi connectivity index (χ0v) is 11.5. The molecule has 21 heavy (non-hydrogen) atoms. The molecule has 0 spiro atoms. The highest BCUT2D eigenvalue weighted by atomic mass is 19.4. The van der Waals surface area contributed by atoms with Crippen molar-refractivity contribution in [3.63, 3.8) is 0 Å². The van der Waals surface area contributed by atoms with Crippen molar-refractivity contribution >= 4 is 0 Å². The van der Waals surface area contributed by atoms with Gasteiger partial charge in [-0.1, -0.05) is 24.3 Å². The Hall–Kier alpha value is -1.95. The Kier molecular flexibility index (Phi) is 3.41. The second kappa shape index (κ2) is 5.11. The first-order valence-corrected chi connectivity index (χ1v) is 6.70. The molecular formula is C15H14F3N3. The van der Waals surface area contributed by atoms with Crippen molar-refractivity contribution in [2.24, 2.45) is 0 Å². The Morgan fingerprint density at radius 2 is 1.90 bits per heavy atom. The van der Waals surface area contributed by atoms with Crippen molar-refractivity contribution in [2.45, 2.75) is 26.1 Å². The van der Waals surface area contributed by atoms with E-state index in [1.54, 1.807) is 12.1 Å². The number of hydrogen-bond acceptors (Lipinski definition) is 3. The molecule has 0 saturated heterocycles. The van der Waals surface area contributed by atoms with Crippen LogP contribution in [0, 0.1) is 6.92 Å². The van der Waals surface area contributed by atoms with Gasteiger partial charge in [0.1, 0.15) is 0 Å². The van der Waals surface area contributed by atoms with Crippen molar-refractivity contribution in [2.75, 3.05) is 6.54 Å². The smallest absolute Gasteiger partial charge is 0.312 e. The molecular weight excluding hydrogens is 279 g/mol. The van der Waals surface area contributed by atoms with Crippen molar-refractivity contribution in [1.82, 2.24) is 15.3 Å². The van der Waals surface area contributed by atoms with Gasteiger partial charge < -0.3 is 5.32 Å². The van der Waals surface area contributed by atoms with E-state index in [2.05, 4.69) is 15.3 Å². The lowest BCUT2D eigenvalue weighted by molar-refractivity contribution is -0.142. The Morgan fingerprint density at radius 3 is 2.62 bits per heavy atom. The predicted octanol–water partition coefficient (Wildman–Crippen LogP) is 3.12. The quantitative estimate of drug-likeness (QED) is 0.878. The van der Waals surface area contributed by atoms with Gasteiger partial charge in [0, 0.05) is 30.6 Å². The number of benzene rings is 1.